The molecule has 246 valence electrons. The summed E-state index contributed by atoms with van der Waals surface area (Å²) in [5, 5.41) is 10.6. The molecule has 0 amide bonds. The Balaban J connectivity index is 2.02. The number of methoxy groups -OCH3 is 1. The highest BCUT2D eigenvalue weighted by molar-refractivity contribution is 6.74. The fraction of sp³-hybridized carbons (Fsp3) is 0.500. The molecule has 0 saturated heterocycles. The minimum absolute atomic E-state index is 0.0768. The molecule has 5 atom stereocenters. The zero-order valence-corrected chi connectivity index (χ0v) is 31.8. The van der Waals surface area contributed by atoms with Crippen LogP contribution < -0.4 is 9.47 Å². The first kappa shape index (κ1) is 34.6. The van der Waals surface area contributed by atoms with Crippen molar-refractivity contribution >= 4 is 28.2 Å². The number of rotatable bonds is 9. The van der Waals surface area contributed by atoms with Crippen molar-refractivity contribution < 1.29 is 18.3 Å². The number of benzene rings is 2. The fourth-order valence-corrected chi connectivity index (χ4v) is 10.0. The first-order chi connectivity index (χ1) is 21.4. The first-order valence-electron chi connectivity index (χ1n) is 15.9. The van der Waals surface area contributed by atoms with Gasteiger partial charge in [-0.15, -0.1) is 0 Å². The maximum absolute atomic E-state index is 10.0. The van der Waals surface area contributed by atoms with Crippen molar-refractivity contribution in [2.45, 2.75) is 81.8 Å². The van der Waals surface area contributed by atoms with Crippen LogP contribution in [-0.2, 0) is 20.1 Å². The van der Waals surface area contributed by atoms with Gasteiger partial charge in [-0.3, -0.25) is 0 Å². The van der Waals surface area contributed by atoms with E-state index in [0.717, 1.165) is 17.7 Å². The normalized spacial score (nSPS) is 26.0. The highest BCUT2D eigenvalue weighted by Crippen LogP contribution is 2.73. The van der Waals surface area contributed by atoms with E-state index >= 15 is 0 Å². The van der Waals surface area contributed by atoms with Crippen LogP contribution in [0.5, 0.6) is 11.6 Å². The Morgan fingerprint density at radius 3 is 2.17 bits per heavy atom. The van der Waals surface area contributed by atoms with E-state index in [1.165, 1.54) is 0 Å². The summed E-state index contributed by atoms with van der Waals surface area (Å²) in [6.45, 7) is 18.7. The van der Waals surface area contributed by atoms with E-state index in [0.29, 0.717) is 22.2 Å². The molecule has 1 aliphatic carbocycles. The molecule has 5 rings (SSSR count). The SMILES string of the molecule is COc1nc(C#N)cc2c1[C@]1(O[Si](C)(C)C)[C@H](O[Si](C)(C)C(C)(C)C)[C@H](CN(C)C)[C@@H](c3ccccc3)[C@]1(c1ccc(Cl)cc1)O2. The van der Waals surface area contributed by atoms with Crippen LogP contribution in [0, 0.1) is 17.2 Å². The summed E-state index contributed by atoms with van der Waals surface area (Å²) in [6.07, 6.45) is -0.465. The van der Waals surface area contributed by atoms with Crippen molar-refractivity contribution in [1.82, 2.24) is 9.88 Å². The van der Waals surface area contributed by atoms with E-state index in [1.807, 2.05) is 18.2 Å². The van der Waals surface area contributed by atoms with Crippen LogP contribution in [0.4, 0.5) is 0 Å². The van der Waals surface area contributed by atoms with Gasteiger partial charge in [0.2, 0.25) is 5.88 Å². The predicted molar refractivity (Wildman–Crippen MR) is 189 cm³/mol. The lowest BCUT2D eigenvalue weighted by atomic mass is 9.71. The molecule has 0 bridgehead atoms. The molecule has 2 aromatic carbocycles. The lowest BCUT2D eigenvalue weighted by Crippen LogP contribution is -2.60. The van der Waals surface area contributed by atoms with Crippen LogP contribution in [0.25, 0.3) is 0 Å². The summed E-state index contributed by atoms with van der Waals surface area (Å²) in [5.74, 6) is 0.548. The van der Waals surface area contributed by atoms with Gasteiger partial charge in [0.15, 0.2) is 27.8 Å². The van der Waals surface area contributed by atoms with Gasteiger partial charge in [0.1, 0.15) is 17.5 Å². The lowest BCUT2D eigenvalue weighted by molar-refractivity contribution is -0.135. The largest absolute Gasteiger partial charge is 0.481 e. The molecule has 1 aliphatic heterocycles. The van der Waals surface area contributed by atoms with E-state index in [9.17, 15) is 5.26 Å². The van der Waals surface area contributed by atoms with Gasteiger partial charge in [0.25, 0.3) is 0 Å². The molecule has 2 aliphatic rings. The van der Waals surface area contributed by atoms with Gasteiger partial charge in [0, 0.05) is 29.5 Å². The summed E-state index contributed by atoms with van der Waals surface area (Å²) in [6, 6.07) is 22.5. The Hall–Kier alpha value is -2.72. The number of aromatic nitrogens is 1. The quantitative estimate of drug-likeness (QED) is 0.211. The van der Waals surface area contributed by atoms with Gasteiger partial charge >= 0.3 is 0 Å². The third-order valence-electron chi connectivity index (χ3n) is 9.81. The van der Waals surface area contributed by atoms with Crippen molar-refractivity contribution in [2.24, 2.45) is 5.92 Å². The molecule has 1 aromatic heterocycles. The van der Waals surface area contributed by atoms with Gasteiger partial charge in [-0.05, 0) is 75.1 Å². The Morgan fingerprint density at radius 2 is 1.65 bits per heavy atom. The van der Waals surface area contributed by atoms with E-state index < -0.39 is 33.9 Å². The molecule has 0 radical (unpaired) electrons. The summed E-state index contributed by atoms with van der Waals surface area (Å²) in [4.78, 5) is 6.95. The van der Waals surface area contributed by atoms with Crippen LogP contribution in [0.15, 0.2) is 60.7 Å². The van der Waals surface area contributed by atoms with Crippen molar-refractivity contribution in [1.29, 1.82) is 5.26 Å². The second kappa shape index (κ2) is 12.1. The molecule has 3 aromatic rings. The van der Waals surface area contributed by atoms with Crippen molar-refractivity contribution in [2.75, 3.05) is 27.7 Å². The standard InChI is InChI=1S/C36H48ClN3O4Si2/c1-34(2,3)46(10,11)43-32-28(23-40(4)5)30(24-15-13-12-14-16-24)35(25-17-19-26(37)20-18-25)36(32,44-45(7,8)9)31-29(42-35)21-27(22-38)39-33(31)41-6/h12-21,28,30,32H,23H2,1-11H3/t28-,30-,32-,35+,36+/m1/s1. The van der Waals surface area contributed by atoms with Gasteiger partial charge < -0.3 is 23.2 Å². The molecule has 0 spiro atoms. The van der Waals surface area contributed by atoms with Crippen molar-refractivity contribution in [3.8, 4) is 17.7 Å². The highest BCUT2D eigenvalue weighted by atomic mass is 35.5. The maximum Gasteiger partial charge on any atom is 0.224 e. The van der Waals surface area contributed by atoms with Gasteiger partial charge in [-0.25, -0.2) is 4.98 Å². The first-order valence-corrected chi connectivity index (χ1v) is 22.6. The number of pyridine rings is 1. The molecule has 1 saturated carbocycles. The monoisotopic (exact) mass is 677 g/mol. The highest BCUT2D eigenvalue weighted by Gasteiger charge is 2.79. The van der Waals surface area contributed by atoms with Gasteiger partial charge in [-0.2, -0.15) is 5.26 Å². The Labute approximate surface area is 282 Å². The number of hydrogen-bond acceptors (Lipinski definition) is 7. The maximum atomic E-state index is 10.0. The van der Waals surface area contributed by atoms with Crippen LogP contribution in [0.1, 0.15) is 49.1 Å². The fourth-order valence-electron chi connectivity index (χ4n) is 7.24. The molecule has 0 unspecified atom stereocenters. The van der Waals surface area contributed by atoms with Crippen LogP contribution in [0.2, 0.25) is 42.8 Å². The second-order valence-electron chi connectivity index (χ2n) is 15.4. The average Bonchev–Trinajstić information content (AvgIpc) is 3.35. The summed E-state index contributed by atoms with van der Waals surface area (Å²) < 4.78 is 29.0. The smallest absolute Gasteiger partial charge is 0.224 e. The average molecular weight is 678 g/mol. The Bertz CT molecular complexity index is 1620. The molecule has 46 heavy (non-hydrogen) atoms. The zero-order chi connectivity index (χ0) is 33.9. The van der Waals surface area contributed by atoms with Crippen molar-refractivity contribution in [3.05, 3.63) is 88.1 Å². The van der Waals surface area contributed by atoms with Gasteiger partial charge in [0.05, 0.1) is 18.8 Å². The van der Waals surface area contributed by atoms with E-state index in [1.54, 1.807) is 13.2 Å². The number of hydrogen-bond donors (Lipinski definition) is 0. The van der Waals surface area contributed by atoms with E-state index in [-0.39, 0.29) is 22.6 Å². The third kappa shape index (κ3) is 5.61. The number of ether oxygens (including phenoxy) is 2. The number of fused-ring (bicyclic) bond motifs is 3. The predicted octanol–water partition coefficient (Wildman–Crippen LogP) is 8.32. The third-order valence-corrected chi connectivity index (χ3v) is 15.5. The van der Waals surface area contributed by atoms with Crippen LogP contribution in [-0.4, -0.2) is 60.4 Å². The summed E-state index contributed by atoms with van der Waals surface area (Å²) in [5.41, 5.74) is 0.646. The van der Waals surface area contributed by atoms with E-state index in [4.69, 9.17) is 34.9 Å². The topological polar surface area (TPSA) is 76.8 Å². The minimum atomic E-state index is -2.46. The Kier molecular flexibility index (Phi) is 9.08. The number of halogens is 1. The number of nitriles is 1. The lowest BCUT2D eigenvalue weighted by Gasteiger charge is -2.49. The van der Waals surface area contributed by atoms with Crippen LogP contribution in [0.3, 0.4) is 0 Å². The molecular formula is C36H48ClN3O4Si2. The second-order valence-corrected chi connectivity index (χ2v) is 25.0. The minimum Gasteiger partial charge on any atom is -0.481 e. The summed E-state index contributed by atoms with van der Waals surface area (Å²) >= 11 is 6.54. The number of nitrogens with zero attached hydrogens (tertiary/aromatic N) is 3. The molecule has 0 N–H and O–H groups in total. The molecule has 1 fully saturated rings. The molecular weight excluding hydrogens is 630 g/mol. The van der Waals surface area contributed by atoms with E-state index in [2.05, 4.69) is 115 Å². The molecule has 7 nitrogen and oxygen atoms in total. The van der Waals surface area contributed by atoms with Gasteiger partial charge in [-0.1, -0.05) is 74.8 Å². The zero-order valence-electron chi connectivity index (χ0n) is 29.1. The van der Waals surface area contributed by atoms with Crippen molar-refractivity contribution in [3.63, 3.8) is 0 Å². The molecule has 10 heteroatoms. The Morgan fingerprint density at radius 1 is 1.02 bits per heavy atom. The van der Waals surface area contributed by atoms with Crippen LogP contribution >= 0.6 is 11.6 Å². The summed E-state index contributed by atoms with van der Waals surface area (Å²) in [7, 11) is 0.923. The molecule has 2 heterocycles.